The molecule has 1 saturated carbocycles. The molecule has 1 heterocycles. The number of aliphatic hydroxyl groups excluding tert-OH is 1. The highest BCUT2D eigenvalue weighted by Crippen LogP contribution is 2.39. The number of nitrogens with zero attached hydrogens (tertiary/aromatic N) is 2. The number of carboxylic acids is 1. The van der Waals surface area contributed by atoms with Gasteiger partial charge in [0.25, 0.3) is 0 Å². The highest BCUT2D eigenvalue weighted by Gasteiger charge is 2.43. The molecular formula is C13H20N4O4. The quantitative estimate of drug-likeness (QED) is 0.631. The van der Waals surface area contributed by atoms with E-state index >= 15 is 0 Å². The lowest BCUT2D eigenvalue weighted by molar-refractivity contribution is 0.0690. The van der Waals surface area contributed by atoms with Crippen LogP contribution in [-0.2, 0) is 5.54 Å². The van der Waals surface area contributed by atoms with Crippen molar-refractivity contribution >= 4 is 12.0 Å². The molecule has 1 aliphatic carbocycles. The number of amides is 2. The monoisotopic (exact) mass is 296 g/mol. The molecule has 0 radical (unpaired) electrons. The number of carbonyl (C=O) groups is 2. The predicted octanol–water partition coefficient (Wildman–Crippen LogP) is 0.509. The molecule has 0 bridgehead atoms. The fraction of sp³-hybridized carbons (Fsp3) is 0.615. The van der Waals surface area contributed by atoms with E-state index in [1.54, 1.807) is 14.0 Å². The Kier molecular flexibility index (Phi) is 4.17. The third-order valence-electron chi connectivity index (χ3n) is 3.70. The normalized spacial score (nSPS) is 17.7. The number of carbonyl (C=O) groups excluding carboxylic acids is 1. The first kappa shape index (κ1) is 15.3. The summed E-state index contributed by atoms with van der Waals surface area (Å²) in [4.78, 5) is 31.3. The van der Waals surface area contributed by atoms with Crippen molar-refractivity contribution in [2.24, 2.45) is 0 Å². The number of rotatable bonds is 5. The van der Waals surface area contributed by atoms with Crippen molar-refractivity contribution in [2.75, 3.05) is 13.6 Å². The number of aromatic carboxylic acids is 1. The van der Waals surface area contributed by atoms with E-state index < -0.39 is 17.6 Å². The van der Waals surface area contributed by atoms with Gasteiger partial charge in [-0.2, -0.15) is 0 Å². The van der Waals surface area contributed by atoms with Crippen molar-refractivity contribution in [3.05, 3.63) is 17.7 Å². The Morgan fingerprint density at radius 1 is 1.57 bits per heavy atom. The van der Waals surface area contributed by atoms with Gasteiger partial charge in [0.1, 0.15) is 11.5 Å². The van der Waals surface area contributed by atoms with Crippen molar-refractivity contribution in [3.8, 4) is 0 Å². The summed E-state index contributed by atoms with van der Waals surface area (Å²) in [5.41, 5.74) is -0.638. The number of aromatic nitrogens is 2. The summed E-state index contributed by atoms with van der Waals surface area (Å²) in [7, 11) is 1.60. The van der Waals surface area contributed by atoms with Gasteiger partial charge in [0.2, 0.25) is 0 Å². The van der Waals surface area contributed by atoms with Gasteiger partial charge in [-0.25, -0.2) is 14.6 Å². The fourth-order valence-corrected chi connectivity index (χ4v) is 2.40. The molecule has 0 aliphatic heterocycles. The molecule has 2 rings (SSSR count). The molecular weight excluding hydrogens is 276 g/mol. The number of aromatic amines is 1. The van der Waals surface area contributed by atoms with Crippen LogP contribution in [0.4, 0.5) is 4.79 Å². The van der Waals surface area contributed by atoms with Crippen LogP contribution in [0.5, 0.6) is 0 Å². The molecule has 4 N–H and O–H groups in total. The molecule has 1 atom stereocenters. The van der Waals surface area contributed by atoms with Gasteiger partial charge in [-0.3, -0.25) is 0 Å². The van der Waals surface area contributed by atoms with Gasteiger partial charge in [0.15, 0.2) is 0 Å². The number of likely N-dealkylation sites (N-methyl/N-ethyl adjacent to an activating group) is 1. The van der Waals surface area contributed by atoms with Gasteiger partial charge in [0, 0.05) is 13.6 Å². The molecule has 1 aliphatic rings. The molecule has 1 fully saturated rings. The average Bonchev–Trinajstić information content (AvgIpc) is 2.82. The molecule has 0 spiro atoms. The van der Waals surface area contributed by atoms with Crippen LogP contribution < -0.4 is 5.32 Å². The molecule has 21 heavy (non-hydrogen) atoms. The van der Waals surface area contributed by atoms with Crippen LogP contribution in [0, 0.1) is 0 Å². The van der Waals surface area contributed by atoms with Crippen LogP contribution in [0.15, 0.2) is 6.20 Å². The summed E-state index contributed by atoms with van der Waals surface area (Å²) in [5.74, 6) is -0.620. The van der Waals surface area contributed by atoms with Gasteiger partial charge in [-0.05, 0) is 26.2 Å². The number of hydrogen-bond acceptors (Lipinski definition) is 4. The summed E-state index contributed by atoms with van der Waals surface area (Å²) >= 11 is 0. The lowest BCUT2D eigenvalue weighted by Gasteiger charge is -2.41. The fourth-order valence-electron chi connectivity index (χ4n) is 2.40. The van der Waals surface area contributed by atoms with E-state index in [0.717, 1.165) is 6.42 Å². The molecule has 0 saturated heterocycles. The number of urea groups is 1. The second-order valence-corrected chi connectivity index (χ2v) is 5.55. The molecule has 1 aromatic rings. The first-order valence-electron chi connectivity index (χ1n) is 6.84. The number of H-pyrrole nitrogens is 1. The van der Waals surface area contributed by atoms with Crippen molar-refractivity contribution in [1.82, 2.24) is 20.2 Å². The second kappa shape index (κ2) is 5.72. The van der Waals surface area contributed by atoms with Crippen LogP contribution >= 0.6 is 0 Å². The van der Waals surface area contributed by atoms with Crippen molar-refractivity contribution < 1.29 is 19.8 Å². The van der Waals surface area contributed by atoms with E-state index in [2.05, 4.69) is 15.3 Å². The van der Waals surface area contributed by atoms with E-state index in [4.69, 9.17) is 5.11 Å². The maximum Gasteiger partial charge on any atom is 0.353 e. The summed E-state index contributed by atoms with van der Waals surface area (Å²) in [5, 5.41) is 21.1. The molecule has 1 aromatic heterocycles. The maximum absolute atomic E-state index is 12.1. The molecule has 8 nitrogen and oxygen atoms in total. The largest absolute Gasteiger partial charge is 0.477 e. The highest BCUT2D eigenvalue weighted by atomic mass is 16.4. The zero-order valence-electron chi connectivity index (χ0n) is 12.1. The average molecular weight is 296 g/mol. The SMILES string of the molecule is CC(O)CN(C)C(=O)NC1(c2ncc(C(=O)O)[nH]2)CCC1. The van der Waals surface area contributed by atoms with Crippen LogP contribution in [-0.4, -0.2) is 56.8 Å². The van der Waals surface area contributed by atoms with E-state index in [1.807, 2.05) is 0 Å². The Hall–Kier alpha value is -2.09. The van der Waals surface area contributed by atoms with Gasteiger partial charge < -0.3 is 25.4 Å². The highest BCUT2D eigenvalue weighted by molar-refractivity contribution is 5.85. The number of carboxylic acid groups (broad SMARTS) is 1. The molecule has 116 valence electrons. The standard InChI is InChI=1S/C13H20N4O4/c1-8(18)7-17(2)12(21)16-13(4-3-5-13)11-14-6-9(15-11)10(19)20/h6,8,18H,3-5,7H2,1-2H3,(H,14,15)(H,16,21)(H,19,20). The lowest BCUT2D eigenvalue weighted by Crippen LogP contribution is -2.55. The summed E-state index contributed by atoms with van der Waals surface area (Å²) in [6.07, 6.45) is 2.98. The van der Waals surface area contributed by atoms with Crippen LogP contribution in [0.2, 0.25) is 0 Å². The van der Waals surface area contributed by atoms with E-state index in [0.29, 0.717) is 18.7 Å². The number of imidazole rings is 1. The number of aliphatic hydroxyl groups is 1. The minimum Gasteiger partial charge on any atom is -0.477 e. The smallest absolute Gasteiger partial charge is 0.353 e. The second-order valence-electron chi connectivity index (χ2n) is 5.55. The van der Waals surface area contributed by atoms with Crippen molar-refractivity contribution in [1.29, 1.82) is 0 Å². The van der Waals surface area contributed by atoms with Gasteiger partial charge >= 0.3 is 12.0 Å². The van der Waals surface area contributed by atoms with Crippen LogP contribution in [0.25, 0.3) is 0 Å². The van der Waals surface area contributed by atoms with Crippen LogP contribution in [0.3, 0.4) is 0 Å². The Labute approximate surface area is 122 Å². The van der Waals surface area contributed by atoms with Crippen molar-refractivity contribution in [3.63, 3.8) is 0 Å². The lowest BCUT2D eigenvalue weighted by atomic mass is 9.76. The van der Waals surface area contributed by atoms with Gasteiger partial charge in [0.05, 0.1) is 17.8 Å². The maximum atomic E-state index is 12.1. The Morgan fingerprint density at radius 3 is 2.67 bits per heavy atom. The summed E-state index contributed by atoms with van der Waals surface area (Å²) in [6, 6.07) is -0.316. The van der Waals surface area contributed by atoms with Crippen LogP contribution in [0.1, 0.15) is 42.5 Å². The van der Waals surface area contributed by atoms with Gasteiger partial charge in [-0.1, -0.05) is 0 Å². The molecule has 2 amide bonds. The summed E-state index contributed by atoms with van der Waals surface area (Å²) < 4.78 is 0. The Balaban J connectivity index is 2.10. The topological polar surface area (TPSA) is 119 Å². The minimum absolute atomic E-state index is 0.00265. The molecule has 0 aromatic carbocycles. The first-order valence-corrected chi connectivity index (χ1v) is 6.84. The predicted molar refractivity (Wildman–Crippen MR) is 73.9 cm³/mol. The number of nitrogens with one attached hydrogen (secondary N) is 2. The third kappa shape index (κ3) is 3.15. The van der Waals surface area contributed by atoms with E-state index in [1.165, 1.54) is 11.1 Å². The number of hydrogen-bond donors (Lipinski definition) is 4. The zero-order valence-corrected chi connectivity index (χ0v) is 12.1. The Morgan fingerprint density at radius 2 is 2.24 bits per heavy atom. The third-order valence-corrected chi connectivity index (χ3v) is 3.70. The Bertz CT molecular complexity index is 536. The first-order chi connectivity index (χ1) is 9.84. The van der Waals surface area contributed by atoms with E-state index in [-0.39, 0.29) is 18.3 Å². The molecule has 8 heteroatoms. The minimum atomic E-state index is -1.08. The van der Waals surface area contributed by atoms with Gasteiger partial charge in [-0.15, -0.1) is 0 Å². The van der Waals surface area contributed by atoms with Crippen molar-refractivity contribution in [2.45, 2.75) is 37.8 Å². The zero-order chi connectivity index (χ0) is 15.6. The summed E-state index contributed by atoms with van der Waals surface area (Å²) in [6.45, 7) is 1.83. The molecule has 1 unspecified atom stereocenters. The van der Waals surface area contributed by atoms with E-state index in [9.17, 15) is 14.7 Å².